The molecule has 0 saturated heterocycles. The van der Waals surface area contributed by atoms with E-state index in [-0.39, 0.29) is 5.75 Å². The van der Waals surface area contributed by atoms with Gasteiger partial charge in [0.1, 0.15) is 5.75 Å². The van der Waals surface area contributed by atoms with E-state index in [4.69, 9.17) is 9.47 Å². The summed E-state index contributed by atoms with van der Waals surface area (Å²) in [4.78, 5) is 4.63. The Morgan fingerprint density at radius 1 is 1.07 bits per heavy atom. The molecule has 0 bridgehead atoms. The number of phenols is 1. The molecule has 0 saturated carbocycles. The lowest BCUT2D eigenvalue weighted by atomic mass is 10.1. The Hall–Kier alpha value is -2.89. The largest absolute Gasteiger partial charge is 0.504 e. The first-order chi connectivity index (χ1) is 13.6. The third-order valence-electron chi connectivity index (χ3n) is 4.21. The van der Waals surface area contributed by atoms with Crippen LogP contribution in [0, 0.1) is 6.92 Å². The highest BCUT2D eigenvalue weighted by Gasteiger charge is 2.06. The number of guanidine groups is 1. The van der Waals surface area contributed by atoms with Crippen LogP contribution in [0.1, 0.15) is 30.5 Å². The summed E-state index contributed by atoms with van der Waals surface area (Å²) < 4.78 is 10.9. The molecule has 6 nitrogen and oxygen atoms in total. The number of nitrogens with zero attached hydrogens (tertiary/aromatic N) is 1. The van der Waals surface area contributed by atoms with E-state index in [1.807, 2.05) is 32.0 Å². The smallest absolute Gasteiger partial charge is 0.191 e. The predicted octanol–water partition coefficient (Wildman–Crippen LogP) is 3.41. The van der Waals surface area contributed by atoms with Crippen molar-refractivity contribution >= 4 is 5.96 Å². The molecule has 0 amide bonds. The predicted molar refractivity (Wildman–Crippen MR) is 114 cm³/mol. The molecule has 28 heavy (non-hydrogen) atoms. The number of nitrogens with one attached hydrogen (secondary N) is 2. The van der Waals surface area contributed by atoms with Crippen LogP contribution in [0.2, 0.25) is 0 Å². The maximum Gasteiger partial charge on any atom is 0.191 e. The van der Waals surface area contributed by atoms with Crippen molar-refractivity contribution in [2.24, 2.45) is 4.99 Å². The molecule has 0 aromatic heterocycles. The van der Waals surface area contributed by atoms with Gasteiger partial charge in [-0.1, -0.05) is 23.8 Å². The Morgan fingerprint density at radius 3 is 2.61 bits per heavy atom. The van der Waals surface area contributed by atoms with Crippen molar-refractivity contribution in [3.8, 4) is 17.2 Å². The van der Waals surface area contributed by atoms with Gasteiger partial charge in [-0.3, -0.25) is 0 Å². The summed E-state index contributed by atoms with van der Waals surface area (Å²) in [6.07, 6.45) is 0.836. The van der Waals surface area contributed by atoms with Gasteiger partial charge in [-0.25, -0.2) is 4.99 Å². The SMILES string of the molecule is CCNC(=NCc1ccc(O)c(OCC)c1)NCCc1cc(C)ccc1OC. The summed E-state index contributed by atoms with van der Waals surface area (Å²) in [5.74, 6) is 2.29. The van der Waals surface area contributed by atoms with Crippen molar-refractivity contribution in [2.75, 3.05) is 26.8 Å². The van der Waals surface area contributed by atoms with Gasteiger partial charge >= 0.3 is 0 Å². The number of hydrogen-bond donors (Lipinski definition) is 3. The van der Waals surface area contributed by atoms with E-state index in [0.717, 1.165) is 36.8 Å². The Balaban J connectivity index is 1.99. The molecule has 3 N–H and O–H groups in total. The minimum atomic E-state index is 0.145. The molecule has 2 rings (SSSR count). The van der Waals surface area contributed by atoms with Gasteiger partial charge in [0, 0.05) is 13.1 Å². The van der Waals surface area contributed by atoms with Crippen LogP contribution in [0.5, 0.6) is 17.2 Å². The van der Waals surface area contributed by atoms with Crippen LogP contribution in [-0.4, -0.2) is 37.9 Å². The Kier molecular flexibility index (Phi) is 8.46. The minimum Gasteiger partial charge on any atom is -0.504 e. The van der Waals surface area contributed by atoms with Crippen molar-refractivity contribution in [1.82, 2.24) is 10.6 Å². The maximum absolute atomic E-state index is 9.82. The molecule has 0 atom stereocenters. The number of benzene rings is 2. The topological polar surface area (TPSA) is 75.1 Å². The van der Waals surface area contributed by atoms with E-state index in [9.17, 15) is 5.11 Å². The average Bonchev–Trinajstić information content (AvgIpc) is 2.68. The fourth-order valence-corrected chi connectivity index (χ4v) is 2.86. The molecule has 0 spiro atoms. The Morgan fingerprint density at radius 2 is 1.89 bits per heavy atom. The van der Waals surface area contributed by atoms with E-state index in [2.05, 4.69) is 34.7 Å². The van der Waals surface area contributed by atoms with E-state index in [1.54, 1.807) is 13.2 Å². The first-order valence-corrected chi connectivity index (χ1v) is 9.67. The fraction of sp³-hybridized carbons (Fsp3) is 0.409. The van der Waals surface area contributed by atoms with Crippen LogP contribution in [0.4, 0.5) is 0 Å². The third kappa shape index (κ3) is 6.37. The van der Waals surface area contributed by atoms with Crippen LogP contribution in [0.15, 0.2) is 41.4 Å². The first kappa shape index (κ1) is 21.4. The van der Waals surface area contributed by atoms with Crippen molar-refractivity contribution in [3.63, 3.8) is 0 Å². The molecule has 6 heteroatoms. The minimum absolute atomic E-state index is 0.145. The zero-order valence-electron chi connectivity index (χ0n) is 17.2. The number of aliphatic imine (C=N–C) groups is 1. The molecule has 0 radical (unpaired) electrons. The number of hydrogen-bond acceptors (Lipinski definition) is 4. The van der Waals surface area contributed by atoms with Crippen molar-refractivity contribution in [2.45, 2.75) is 33.7 Å². The van der Waals surface area contributed by atoms with Gasteiger partial charge in [-0.15, -0.1) is 0 Å². The number of aromatic hydroxyl groups is 1. The zero-order chi connectivity index (χ0) is 20.4. The number of phenolic OH excluding ortho intramolecular Hbond substituents is 1. The maximum atomic E-state index is 9.82. The van der Waals surface area contributed by atoms with Gasteiger partial charge in [-0.05, 0) is 56.5 Å². The highest BCUT2D eigenvalue weighted by Crippen LogP contribution is 2.27. The molecule has 0 aliphatic carbocycles. The standard InChI is InChI=1S/C22H31N3O3/c1-5-23-22(24-12-11-18-13-16(3)7-10-20(18)27-4)25-15-17-8-9-19(26)21(14-17)28-6-2/h7-10,13-14,26H,5-6,11-12,15H2,1-4H3,(H2,23,24,25). The highest BCUT2D eigenvalue weighted by molar-refractivity contribution is 5.79. The molecule has 0 aliphatic heterocycles. The fourth-order valence-electron chi connectivity index (χ4n) is 2.86. The number of rotatable bonds is 9. The molecule has 0 heterocycles. The average molecular weight is 386 g/mol. The molecule has 2 aromatic carbocycles. The van der Waals surface area contributed by atoms with Crippen LogP contribution in [0.3, 0.4) is 0 Å². The molecule has 152 valence electrons. The molecule has 0 fully saturated rings. The van der Waals surface area contributed by atoms with Crippen molar-refractivity contribution in [1.29, 1.82) is 0 Å². The molecule has 0 unspecified atom stereocenters. The summed E-state index contributed by atoms with van der Waals surface area (Å²) in [6.45, 7) is 8.52. The quantitative estimate of drug-likeness (QED) is 0.456. The second-order valence-electron chi connectivity index (χ2n) is 6.42. The first-order valence-electron chi connectivity index (χ1n) is 9.67. The van der Waals surface area contributed by atoms with E-state index >= 15 is 0 Å². The van der Waals surface area contributed by atoms with Crippen LogP contribution in [-0.2, 0) is 13.0 Å². The second kappa shape index (κ2) is 11.1. The van der Waals surface area contributed by atoms with Gasteiger partial charge in [0.15, 0.2) is 17.5 Å². The van der Waals surface area contributed by atoms with E-state index in [0.29, 0.717) is 18.9 Å². The van der Waals surface area contributed by atoms with Crippen LogP contribution >= 0.6 is 0 Å². The lowest BCUT2D eigenvalue weighted by Gasteiger charge is -2.13. The van der Waals surface area contributed by atoms with Crippen molar-refractivity contribution in [3.05, 3.63) is 53.1 Å². The molecular weight excluding hydrogens is 354 g/mol. The van der Waals surface area contributed by atoms with Gasteiger partial charge in [0.05, 0.1) is 20.3 Å². The van der Waals surface area contributed by atoms with Gasteiger partial charge < -0.3 is 25.2 Å². The lowest BCUT2D eigenvalue weighted by Crippen LogP contribution is -2.38. The summed E-state index contributed by atoms with van der Waals surface area (Å²) in [5.41, 5.74) is 3.36. The number of aryl methyl sites for hydroxylation is 1. The Bertz CT molecular complexity index is 791. The van der Waals surface area contributed by atoms with E-state index in [1.165, 1.54) is 11.1 Å². The summed E-state index contributed by atoms with van der Waals surface area (Å²) in [5, 5.41) is 16.4. The van der Waals surface area contributed by atoms with Crippen LogP contribution in [0.25, 0.3) is 0 Å². The van der Waals surface area contributed by atoms with Crippen LogP contribution < -0.4 is 20.1 Å². The summed E-state index contributed by atoms with van der Waals surface area (Å²) >= 11 is 0. The zero-order valence-corrected chi connectivity index (χ0v) is 17.2. The number of methoxy groups -OCH3 is 1. The van der Waals surface area contributed by atoms with Gasteiger partial charge in [0.2, 0.25) is 0 Å². The second-order valence-corrected chi connectivity index (χ2v) is 6.42. The normalized spacial score (nSPS) is 11.2. The van der Waals surface area contributed by atoms with E-state index < -0.39 is 0 Å². The molecule has 2 aromatic rings. The third-order valence-corrected chi connectivity index (χ3v) is 4.21. The van der Waals surface area contributed by atoms with Gasteiger partial charge in [-0.2, -0.15) is 0 Å². The molecular formula is C22H31N3O3. The number of ether oxygens (including phenoxy) is 2. The Labute approximate surface area is 167 Å². The van der Waals surface area contributed by atoms with Crippen molar-refractivity contribution < 1.29 is 14.6 Å². The lowest BCUT2D eigenvalue weighted by molar-refractivity contribution is 0.318. The summed E-state index contributed by atoms with van der Waals surface area (Å²) in [7, 11) is 1.70. The highest BCUT2D eigenvalue weighted by atomic mass is 16.5. The summed E-state index contributed by atoms with van der Waals surface area (Å²) in [6, 6.07) is 11.5. The van der Waals surface area contributed by atoms with Gasteiger partial charge in [0.25, 0.3) is 0 Å². The molecule has 0 aliphatic rings. The monoisotopic (exact) mass is 385 g/mol.